The number of hydrogen-bond donors (Lipinski definition) is 1. The molecule has 1 atom stereocenters. The van der Waals surface area contributed by atoms with Gasteiger partial charge in [0.1, 0.15) is 16.6 Å². The largest absolute Gasteiger partial charge is 0.355 e. The number of nitrogens with zero attached hydrogens (tertiary/aromatic N) is 5. The van der Waals surface area contributed by atoms with Crippen molar-refractivity contribution in [3.05, 3.63) is 76.0 Å². The Morgan fingerprint density at radius 1 is 1.15 bits per heavy atom. The highest BCUT2D eigenvalue weighted by molar-refractivity contribution is 8.14. The van der Waals surface area contributed by atoms with E-state index in [0.29, 0.717) is 11.6 Å². The maximum Gasteiger partial charge on any atom is 0.147 e. The number of hydrogen-bond acceptors (Lipinski definition) is 7. The fourth-order valence-electron chi connectivity index (χ4n) is 5.35. The van der Waals surface area contributed by atoms with Crippen molar-refractivity contribution in [2.24, 2.45) is 16.1 Å². The van der Waals surface area contributed by atoms with Crippen molar-refractivity contribution in [2.45, 2.75) is 43.7 Å². The van der Waals surface area contributed by atoms with Crippen molar-refractivity contribution < 1.29 is 0 Å². The van der Waals surface area contributed by atoms with Crippen LogP contribution in [0.4, 0.5) is 5.82 Å². The van der Waals surface area contributed by atoms with Gasteiger partial charge < -0.3 is 10.6 Å². The lowest BCUT2D eigenvalue weighted by Crippen LogP contribution is -2.44. The van der Waals surface area contributed by atoms with E-state index >= 15 is 0 Å². The van der Waals surface area contributed by atoms with E-state index in [-0.39, 0.29) is 11.5 Å². The van der Waals surface area contributed by atoms with Crippen LogP contribution in [0.2, 0.25) is 5.02 Å². The molecule has 33 heavy (non-hydrogen) atoms. The van der Waals surface area contributed by atoms with Crippen LogP contribution in [0, 0.1) is 12.3 Å². The molecule has 4 heterocycles. The van der Waals surface area contributed by atoms with Crippen LogP contribution in [0.25, 0.3) is 0 Å². The summed E-state index contributed by atoms with van der Waals surface area (Å²) in [6.07, 6.45) is 6.88. The van der Waals surface area contributed by atoms with E-state index in [4.69, 9.17) is 27.3 Å². The minimum Gasteiger partial charge on any atom is -0.355 e. The molecule has 2 aliphatic heterocycles. The summed E-state index contributed by atoms with van der Waals surface area (Å²) >= 11 is 7.96. The zero-order valence-corrected chi connectivity index (χ0v) is 20.0. The van der Waals surface area contributed by atoms with Gasteiger partial charge in [-0.3, -0.25) is 9.98 Å². The van der Waals surface area contributed by atoms with E-state index < -0.39 is 0 Å². The Labute approximate surface area is 202 Å². The molecule has 0 bridgehead atoms. The number of fused-ring (bicyclic) bond motifs is 2. The van der Waals surface area contributed by atoms with Crippen LogP contribution in [0.15, 0.2) is 52.6 Å². The van der Waals surface area contributed by atoms with Crippen LogP contribution in [0.1, 0.15) is 47.1 Å². The summed E-state index contributed by atoms with van der Waals surface area (Å²) in [7, 11) is 0. The molecule has 2 aromatic heterocycles. The number of anilines is 1. The average Bonchev–Trinajstić information content (AvgIpc) is 3.36. The summed E-state index contributed by atoms with van der Waals surface area (Å²) in [6, 6.07) is 10.7. The molecule has 0 radical (unpaired) electrons. The van der Waals surface area contributed by atoms with E-state index in [0.717, 1.165) is 65.2 Å². The summed E-state index contributed by atoms with van der Waals surface area (Å²) in [6.45, 7) is 4.36. The molecule has 1 aliphatic carbocycles. The third-order valence-corrected chi connectivity index (χ3v) is 8.98. The maximum atomic E-state index is 6.74. The Hall–Kier alpha value is -2.48. The van der Waals surface area contributed by atoms with Gasteiger partial charge >= 0.3 is 0 Å². The Kier molecular flexibility index (Phi) is 5.16. The number of thioether (sulfide) groups is 1. The molecule has 1 aromatic carbocycles. The Morgan fingerprint density at radius 3 is 2.79 bits per heavy atom. The van der Waals surface area contributed by atoms with Crippen LogP contribution < -0.4 is 10.6 Å². The number of nitrogens with two attached hydrogens (primary N) is 1. The maximum absolute atomic E-state index is 6.74. The van der Waals surface area contributed by atoms with E-state index in [1.165, 1.54) is 22.9 Å². The third kappa shape index (κ3) is 3.54. The quantitative estimate of drug-likeness (QED) is 0.576. The lowest BCUT2D eigenvalue weighted by Gasteiger charge is -2.42. The van der Waals surface area contributed by atoms with Gasteiger partial charge in [-0.2, -0.15) is 0 Å². The second-order valence-corrected chi connectivity index (χ2v) is 10.6. The number of benzene rings is 1. The van der Waals surface area contributed by atoms with Crippen LogP contribution >= 0.6 is 23.4 Å². The topological polar surface area (TPSA) is 80.3 Å². The van der Waals surface area contributed by atoms with E-state index in [1.54, 1.807) is 6.20 Å². The Balaban J connectivity index is 1.16. The number of rotatable bonds is 2. The van der Waals surface area contributed by atoms with Crippen molar-refractivity contribution >= 4 is 34.2 Å². The van der Waals surface area contributed by atoms with Gasteiger partial charge in [0, 0.05) is 30.2 Å². The van der Waals surface area contributed by atoms with Crippen LogP contribution in [0.3, 0.4) is 0 Å². The monoisotopic (exact) mass is 476 g/mol. The van der Waals surface area contributed by atoms with E-state index in [2.05, 4.69) is 39.1 Å². The second kappa shape index (κ2) is 8.08. The number of halogens is 1. The average molecular weight is 477 g/mol. The molecule has 0 saturated carbocycles. The number of pyridine rings is 1. The summed E-state index contributed by atoms with van der Waals surface area (Å²) < 4.78 is 0. The first-order chi connectivity index (χ1) is 16.0. The molecule has 3 aliphatic rings. The van der Waals surface area contributed by atoms with Crippen molar-refractivity contribution in [3.8, 4) is 0 Å². The van der Waals surface area contributed by atoms with Gasteiger partial charge in [-0.05, 0) is 48.8 Å². The van der Waals surface area contributed by atoms with Gasteiger partial charge in [0.25, 0.3) is 0 Å². The number of piperidine rings is 1. The first kappa shape index (κ1) is 21.1. The highest BCUT2D eigenvalue weighted by atomic mass is 35.5. The number of aryl methyl sites for hydroxylation is 1. The summed E-state index contributed by atoms with van der Waals surface area (Å²) in [5.74, 6) is 0.937. The van der Waals surface area contributed by atoms with Gasteiger partial charge in [-0.25, -0.2) is 9.97 Å². The molecule has 1 spiro atoms. The Bertz CT molecular complexity index is 1270. The van der Waals surface area contributed by atoms with E-state index in [1.807, 2.05) is 19.2 Å². The van der Waals surface area contributed by atoms with Gasteiger partial charge in [0.05, 0.1) is 29.2 Å². The van der Waals surface area contributed by atoms with Gasteiger partial charge in [0.2, 0.25) is 0 Å². The second-order valence-electron chi connectivity index (χ2n) is 9.16. The molecule has 0 unspecified atom stereocenters. The molecule has 6 nitrogen and oxygen atoms in total. The molecule has 6 rings (SSSR count). The van der Waals surface area contributed by atoms with Crippen LogP contribution in [-0.2, 0) is 13.0 Å². The highest BCUT2D eigenvalue weighted by Gasteiger charge is 2.46. The highest BCUT2D eigenvalue weighted by Crippen LogP contribution is 2.51. The standard InChI is InChI=1S/C25H25ClN6S/c1-15-21(26)19(6-9-28-15)33-24-22-18(13-30-24)31-20(14-29-22)32-10-7-25(8-11-32)12-16-4-2-3-5-17(16)23(25)27/h2-6,9,14,23H,7-8,10-13,27H2,1H3/t23-/m0/s1. The fourth-order valence-corrected chi connectivity index (χ4v) is 6.55. The van der Waals surface area contributed by atoms with Crippen molar-refractivity contribution in [1.29, 1.82) is 0 Å². The molecule has 1 saturated heterocycles. The number of aromatic nitrogens is 3. The van der Waals surface area contributed by atoms with Crippen molar-refractivity contribution in [2.75, 3.05) is 18.0 Å². The minimum absolute atomic E-state index is 0.124. The fraction of sp³-hybridized carbons (Fsp3) is 0.360. The molecule has 0 amide bonds. The van der Waals surface area contributed by atoms with Gasteiger partial charge in [0.15, 0.2) is 0 Å². The zero-order valence-electron chi connectivity index (χ0n) is 18.5. The Morgan fingerprint density at radius 2 is 1.97 bits per heavy atom. The molecule has 168 valence electrons. The molecular formula is C25H25ClN6S. The molecule has 8 heteroatoms. The van der Waals surface area contributed by atoms with E-state index in [9.17, 15) is 0 Å². The number of aliphatic imine (C=N–C) groups is 1. The molecule has 2 N–H and O–H groups in total. The molecule has 1 fully saturated rings. The summed E-state index contributed by atoms with van der Waals surface area (Å²) in [5, 5.41) is 1.53. The minimum atomic E-state index is 0.124. The third-order valence-electron chi connectivity index (χ3n) is 7.32. The zero-order chi connectivity index (χ0) is 22.6. The molecule has 3 aromatic rings. The smallest absolute Gasteiger partial charge is 0.147 e. The first-order valence-corrected chi connectivity index (χ1v) is 12.5. The summed E-state index contributed by atoms with van der Waals surface area (Å²) in [5.41, 5.74) is 12.3. The van der Waals surface area contributed by atoms with Crippen molar-refractivity contribution in [3.63, 3.8) is 0 Å². The lowest BCUT2D eigenvalue weighted by molar-refractivity contribution is 0.187. The lowest BCUT2D eigenvalue weighted by atomic mass is 9.73. The molecular weight excluding hydrogens is 452 g/mol. The van der Waals surface area contributed by atoms with Gasteiger partial charge in [-0.15, -0.1) is 0 Å². The predicted octanol–water partition coefficient (Wildman–Crippen LogP) is 4.73. The predicted molar refractivity (Wildman–Crippen MR) is 133 cm³/mol. The van der Waals surface area contributed by atoms with Gasteiger partial charge in [-0.1, -0.05) is 47.6 Å². The van der Waals surface area contributed by atoms with Crippen molar-refractivity contribution in [1.82, 2.24) is 15.0 Å². The summed E-state index contributed by atoms with van der Waals surface area (Å²) in [4.78, 5) is 21.9. The SMILES string of the molecule is Cc1nccc(SC2=NCc3nc(N4CCC5(CC4)Cc4ccccc4[C@@H]5N)cnc32)c1Cl. The first-order valence-electron chi connectivity index (χ1n) is 11.3. The normalized spacial score (nSPS) is 20.6. The van der Waals surface area contributed by atoms with Crippen LogP contribution in [0.5, 0.6) is 0 Å². The van der Waals surface area contributed by atoms with Crippen LogP contribution in [-0.4, -0.2) is 33.1 Å².